The van der Waals surface area contributed by atoms with E-state index in [0.29, 0.717) is 0 Å². The summed E-state index contributed by atoms with van der Waals surface area (Å²) in [5, 5.41) is 24.4. The SMILES string of the molecule is Cc1nn(C)c(C)c1C=CC(=O)NC(CO)CO. The monoisotopic (exact) mass is 253 g/mol. The molecule has 0 fully saturated rings. The summed E-state index contributed by atoms with van der Waals surface area (Å²) in [6, 6.07) is -0.627. The lowest BCUT2D eigenvalue weighted by molar-refractivity contribution is -0.117. The van der Waals surface area contributed by atoms with Gasteiger partial charge in [0.15, 0.2) is 0 Å². The molecule has 3 N–H and O–H groups in total. The van der Waals surface area contributed by atoms with Crippen LogP contribution >= 0.6 is 0 Å². The fourth-order valence-electron chi connectivity index (χ4n) is 1.59. The Morgan fingerprint density at radius 3 is 2.50 bits per heavy atom. The van der Waals surface area contributed by atoms with E-state index in [2.05, 4.69) is 10.4 Å². The number of hydrogen-bond acceptors (Lipinski definition) is 4. The molecule has 0 saturated heterocycles. The van der Waals surface area contributed by atoms with E-state index in [-0.39, 0.29) is 19.1 Å². The maximum absolute atomic E-state index is 11.5. The molecule has 1 rings (SSSR count). The Morgan fingerprint density at radius 1 is 1.44 bits per heavy atom. The molecule has 0 aliphatic heterocycles. The van der Waals surface area contributed by atoms with Gasteiger partial charge in [-0.05, 0) is 19.9 Å². The molecule has 0 aromatic carbocycles. The van der Waals surface area contributed by atoms with Crippen LogP contribution in [0.25, 0.3) is 6.08 Å². The lowest BCUT2D eigenvalue weighted by Gasteiger charge is -2.10. The molecule has 0 atom stereocenters. The number of aliphatic hydroxyl groups excluding tert-OH is 2. The molecule has 1 aromatic rings. The number of amides is 1. The van der Waals surface area contributed by atoms with Crippen LogP contribution < -0.4 is 5.32 Å². The summed E-state index contributed by atoms with van der Waals surface area (Å²) < 4.78 is 1.75. The summed E-state index contributed by atoms with van der Waals surface area (Å²) in [6.07, 6.45) is 3.05. The van der Waals surface area contributed by atoms with Gasteiger partial charge in [-0.2, -0.15) is 5.10 Å². The van der Waals surface area contributed by atoms with Crippen molar-refractivity contribution in [1.29, 1.82) is 0 Å². The largest absolute Gasteiger partial charge is 0.394 e. The van der Waals surface area contributed by atoms with Gasteiger partial charge in [0.05, 0.1) is 24.9 Å². The Morgan fingerprint density at radius 2 is 2.06 bits per heavy atom. The van der Waals surface area contributed by atoms with Crippen LogP contribution in [0.2, 0.25) is 0 Å². The molecular formula is C12H19N3O3. The van der Waals surface area contributed by atoms with Gasteiger partial charge >= 0.3 is 0 Å². The number of aromatic nitrogens is 2. The Kier molecular flexibility index (Phi) is 5.06. The standard InChI is InChI=1S/C12H19N3O3/c1-8-11(9(2)15(3)14-8)4-5-12(18)13-10(6-16)7-17/h4-5,10,16-17H,6-7H2,1-3H3,(H,13,18). The van der Waals surface area contributed by atoms with Gasteiger partial charge in [0, 0.05) is 24.4 Å². The van der Waals surface area contributed by atoms with Crippen molar-refractivity contribution in [1.82, 2.24) is 15.1 Å². The normalized spacial score (nSPS) is 11.4. The second kappa shape index (κ2) is 6.32. The van der Waals surface area contributed by atoms with Crippen molar-refractivity contribution < 1.29 is 15.0 Å². The van der Waals surface area contributed by atoms with E-state index in [0.717, 1.165) is 17.0 Å². The average molecular weight is 253 g/mol. The zero-order chi connectivity index (χ0) is 13.7. The van der Waals surface area contributed by atoms with Gasteiger partial charge < -0.3 is 15.5 Å². The first-order valence-corrected chi connectivity index (χ1v) is 5.70. The van der Waals surface area contributed by atoms with Crippen LogP contribution in [0.15, 0.2) is 6.08 Å². The number of nitrogens with one attached hydrogen (secondary N) is 1. The number of aliphatic hydroxyl groups is 2. The Labute approximate surface area is 106 Å². The maximum Gasteiger partial charge on any atom is 0.244 e. The van der Waals surface area contributed by atoms with Gasteiger partial charge in [0.25, 0.3) is 0 Å². The van der Waals surface area contributed by atoms with E-state index in [1.807, 2.05) is 20.9 Å². The van der Waals surface area contributed by atoms with E-state index in [1.165, 1.54) is 6.08 Å². The van der Waals surface area contributed by atoms with Crippen LogP contribution in [0.1, 0.15) is 17.0 Å². The molecule has 0 bridgehead atoms. The van der Waals surface area contributed by atoms with E-state index >= 15 is 0 Å². The first kappa shape index (κ1) is 14.4. The Hall–Kier alpha value is -1.66. The number of hydrogen-bond donors (Lipinski definition) is 3. The van der Waals surface area contributed by atoms with Crippen LogP contribution in [0.3, 0.4) is 0 Å². The Balaban J connectivity index is 2.72. The highest BCUT2D eigenvalue weighted by molar-refractivity contribution is 5.92. The lowest BCUT2D eigenvalue weighted by atomic mass is 10.2. The van der Waals surface area contributed by atoms with Crippen molar-refractivity contribution in [2.45, 2.75) is 19.9 Å². The third-order valence-electron chi connectivity index (χ3n) is 2.75. The summed E-state index contributed by atoms with van der Waals surface area (Å²) in [5.41, 5.74) is 2.72. The summed E-state index contributed by atoms with van der Waals surface area (Å²) in [4.78, 5) is 11.5. The lowest BCUT2D eigenvalue weighted by Crippen LogP contribution is -2.39. The molecule has 0 aliphatic rings. The number of carbonyl (C=O) groups is 1. The van der Waals surface area contributed by atoms with Gasteiger partial charge in [-0.1, -0.05) is 0 Å². The second-order valence-electron chi connectivity index (χ2n) is 4.11. The predicted molar refractivity (Wildman–Crippen MR) is 67.8 cm³/mol. The summed E-state index contributed by atoms with van der Waals surface area (Å²) in [6.45, 7) is 3.21. The van der Waals surface area contributed by atoms with Crippen molar-refractivity contribution in [3.8, 4) is 0 Å². The zero-order valence-corrected chi connectivity index (χ0v) is 10.8. The topological polar surface area (TPSA) is 87.4 Å². The molecule has 0 saturated carbocycles. The molecule has 6 heteroatoms. The van der Waals surface area contributed by atoms with E-state index in [1.54, 1.807) is 10.8 Å². The Bertz CT molecular complexity index is 448. The molecule has 100 valence electrons. The van der Waals surface area contributed by atoms with Crippen LogP contribution in [0.4, 0.5) is 0 Å². The van der Waals surface area contributed by atoms with Crippen molar-refractivity contribution in [2.24, 2.45) is 7.05 Å². The fraction of sp³-hybridized carbons (Fsp3) is 0.500. The summed E-state index contributed by atoms with van der Waals surface area (Å²) >= 11 is 0. The molecule has 0 radical (unpaired) electrons. The van der Waals surface area contributed by atoms with E-state index in [4.69, 9.17) is 10.2 Å². The van der Waals surface area contributed by atoms with Crippen LogP contribution in [0, 0.1) is 13.8 Å². The highest BCUT2D eigenvalue weighted by Crippen LogP contribution is 2.13. The third kappa shape index (κ3) is 3.41. The van der Waals surface area contributed by atoms with Crippen molar-refractivity contribution in [3.63, 3.8) is 0 Å². The van der Waals surface area contributed by atoms with Gasteiger partial charge in [0.2, 0.25) is 5.91 Å². The van der Waals surface area contributed by atoms with Crippen molar-refractivity contribution in [3.05, 3.63) is 23.0 Å². The molecular weight excluding hydrogens is 234 g/mol. The summed E-state index contributed by atoms with van der Waals surface area (Å²) in [7, 11) is 1.84. The molecule has 1 heterocycles. The molecule has 6 nitrogen and oxygen atoms in total. The molecule has 1 aromatic heterocycles. The average Bonchev–Trinajstić information content (AvgIpc) is 2.58. The smallest absolute Gasteiger partial charge is 0.244 e. The molecule has 18 heavy (non-hydrogen) atoms. The highest BCUT2D eigenvalue weighted by atomic mass is 16.3. The quantitative estimate of drug-likeness (QED) is 0.618. The van der Waals surface area contributed by atoms with E-state index in [9.17, 15) is 4.79 Å². The third-order valence-corrected chi connectivity index (χ3v) is 2.75. The van der Waals surface area contributed by atoms with Gasteiger partial charge in [-0.3, -0.25) is 9.48 Å². The predicted octanol–water partition coefficient (Wildman–Crippen LogP) is -0.480. The van der Waals surface area contributed by atoms with Gasteiger partial charge in [-0.15, -0.1) is 0 Å². The minimum Gasteiger partial charge on any atom is -0.394 e. The zero-order valence-electron chi connectivity index (χ0n) is 10.8. The number of nitrogens with zero attached hydrogens (tertiary/aromatic N) is 2. The number of carbonyl (C=O) groups excluding carboxylic acids is 1. The maximum atomic E-state index is 11.5. The molecule has 0 aliphatic carbocycles. The summed E-state index contributed by atoms with van der Waals surface area (Å²) in [5.74, 6) is -0.356. The molecule has 0 unspecified atom stereocenters. The number of aryl methyl sites for hydroxylation is 2. The molecule has 1 amide bonds. The first-order chi connectivity index (χ1) is 8.49. The number of rotatable bonds is 5. The highest BCUT2D eigenvalue weighted by Gasteiger charge is 2.09. The van der Waals surface area contributed by atoms with E-state index < -0.39 is 6.04 Å². The van der Waals surface area contributed by atoms with Crippen LogP contribution in [0.5, 0.6) is 0 Å². The first-order valence-electron chi connectivity index (χ1n) is 5.70. The van der Waals surface area contributed by atoms with Crippen LogP contribution in [-0.2, 0) is 11.8 Å². The van der Waals surface area contributed by atoms with Crippen molar-refractivity contribution in [2.75, 3.05) is 13.2 Å². The minimum atomic E-state index is -0.627. The van der Waals surface area contributed by atoms with Gasteiger partial charge in [-0.25, -0.2) is 0 Å². The van der Waals surface area contributed by atoms with Crippen molar-refractivity contribution >= 4 is 12.0 Å². The molecule has 0 spiro atoms. The minimum absolute atomic E-state index is 0.291. The van der Waals surface area contributed by atoms with Gasteiger partial charge in [0.1, 0.15) is 0 Å². The van der Waals surface area contributed by atoms with Crippen LogP contribution in [-0.4, -0.2) is 45.2 Å². The second-order valence-corrected chi connectivity index (χ2v) is 4.11. The fourth-order valence-corrected chi connectivity index (χ4v) is 1.59.